The van der Waals surface area contributed by atoms with Crippen LogP contribution >= 0.6 is 11.6 Å². The van der Waals surface area contributed by atoms with Gasteiger partial charge < -0.3 is 5.73 Å². The van der Waals surface area contributed by atoms with Crippen molar-refractivity contribution in [3.8, 4) is 0 Å². The van der Waals surface area contributed by atoms with Crippen molar-refractivity contribution in [1.29, 1.82) is 0 Å². The van der Waals surface area contributed by atoms with Crippen LogP contribution in [0.25, 0.3) is 0 Å². The van der Waals surface area contributed by atoms with Crippen LogP contribution in [-0.4, -0.2) is 24.0 Å². The summed E-state index contributed by atoms with van der Waals surface area (Å²) in [7, 11) is 0. The van der Waals surface area contributed by atoms with Crippen LogP contribution in [0, 0.1) is 5.82 Å². The Hall–Kier alpha value is -1.42. The molecule has 2 aromatic rings. The maximum atomic E-state index is 13.6. The zero-order valence-corrected chi connectivity index (χ0v) is 12.4. The lowest BCUT2D eigenvalue weighted by molar-refractivity contribution is 0.324. The summed E-state index contributed by atoms with van der Waals surface area (Å²) in [5, 5.41) is 0.159. The molecule has 0 unspecified atom stereocenters. The Morgan fingerprint density at radius 1 is 1.14 bits per heavy atom. The lowest BCUT2D eigenvalue weighted by Crippen LogP contribution is -2.28. The second-order valence-corrected chi connectivity index (χ2v) is 6.03. The van der Waals surface area contributed by atoms with Gasteiger partial charge in [0, 0.05) is 31.6 Å². The standard InChI is InChI=1S/C17H18ClFN2/c18-15-7-6-13(8-16(15)19)14-10-21(11-17(14)20)9-12-4-2-1-3-5-12/h1-8,14,17H,9-11,20H2/t14-,17+/m1/s1. The summed E-state index contributed by atoms with van der Waals surface area (Å²) >= 11 is 5.74. The van der Waals surface area contributed by atoms with Crippen molar-refractivity contribution in [2.75, 3.05) is 13.1 Å². The number of nitrogens with two attached hydrogens (primary N) is 1. The molecule has 0 bridgehead atoms. The summed E-state index contributed by atoms with van der Waals surface area (Å²) in [5.41, 5.74) is 8.45. The van der Waals surface area contributed by atoms with E-state index >= 15 is 0 Å². The van der Waals surface area contributed by atoms with Crippen molar-refractivity contribution >= 4 is 11.6 Å². The van der Waals surface area contributed by atoms with Gasteiger partial charge in [-0.25, -0.2) is 4.39 Å². The highest BCUT2D eigenvalue weighted by Crippen LogP contribution is 2.29. The van der Waals surface area contributed by atoms with Crippen molar-refractivity contribution < 1.29 is 4.39 Å². The Balaban J connectivity index is 1.72. The van der Waals surface area contributed by atoms with Gasteiger partial charge in [-0.2, -0.15) is 0 Å². The van der Waals surface area contributed by atoms with Gasteiger partial charge in [0.25, 0.3) is 0 Å². The molecule has 1 aliphatic rings. The maximum absolute atomic E-state index is 13.6. The second-order valence-electron chi connectivity index (χ2n) is 5.62. The van der Waals surface area contributed by atoms with Crippen LogP contribution in [-0.2, 0) is 6.54 Å². The third-order valence-electron chi connectivity index (χ3n) is 4.06. The molecule has 2 N–H and O–H groups in total. The molecular weight excluding hydrogens is 287 g/mol. The number of hydrogen-bond donors (Lipinski definition) is 1. The zero-order valence-electron chi connectivity index (χ0n) is 11.7. The van der Waals surface area contributed by atoms with E-state index in [1.165, 1.54) is 11.6 Å². The smallest absolute Gasteiger partial charge is 0.142 e. The predicted molar refractivity (Wildman–Crippen MR) is 83.8 cm³/mol. The second kappa shape index (κ2) is 6.14. The van der Waals surface area contributed by atoms with Gasteiger partial charge in [-0.1, -0.05) is 48.0 Å². The van der Waals surface area contributed by atoms with E-state index in [4.69, 9.17) is 17.3 Å². The minimum Gasteiger partial charge on any atom is -0.326 e. The van der Waals surface area contributed by atoms with Gasteiger partial charge >= 0.3 is 0 Å². The number of halogens is 2. The molecule has 1 heterocycles. The van der Waals surface area contributed by atoms with Gasteiger partial charge in [-0.05, 0) is 23.3 Å². The molecule has 2 aromatic carbocycles. The van der Waals surface area contributed by atoms with Gasteiger partial charge in [0.2, 0.25) is 0 Å². The molecule has 3 rings (SSSR count). The molecule has 0 aromatic heterocycles. The third kappa shape index (κ3) is 3.26. The fourth-order valence-corrected chi connectivity index (χ4v) is 3.10. The molecule has 0 amide bonds. The van der Waals surface area contributed by atoms with E-state index in [1.54, 1.807) is 6.07 Å². The summed E-state index contributed by atoms with van der Waals surface area (Å²) in [5.74, 6) is -0.219. The number of nitrogens with zero attached hydrogens (tertiary/aromatic N) is 1. The Bertz CT molecular complexity index is 617. The highest BCUT2D eigenvalue weighted by Gasteiger charge is 2.31. The molecule has 0 aliphatic carbocycles. The van der Waals surface area contributed by atoms with Crippen molar-refractivity contribution in [1.82, 2.24) is 4.90 Å². The first kappa shape index (κ1) is 14.5. The lowest BCUT2D eigenvalue weighted by Gasteiger charge is -2.16. The van der Waals surface area contributed by atoms with E-state index in [0.717, 1.165) is 25.2 Å². The van der Waals surface area contributed by atoms with E-state index in [9.17, 15) is 4.39 Å². The Kier molecular flexibility index (Phi) is 4.24. The first-order valence-corrected chi connectivity index (χ1v) is 7.48. The molecule has 0 radical (unpaired) electrons. The minimum absolute atomic E-state index is 0.0225. The van der Waals surface area contributed by atoms with E-state index in [2.05, 4.69) is 17.0 Å². The number of likely N-dealkylation sites (tertiary alicyclic amines) is 1. The molecule has 110 valence electrons. The van der Waals surface area contributed by atoms with E-state index in [1.807, 2.05) is 24.3 Å². The molecular formula is C17H18ClFN2. The Labute approximate surface area is 129 Å². The lowest BCUT2D eigenvalue weighted by atomic mass is 9.95. The Morgan fingerprint density at radius 2 is 1.90 bits per heavy atom. The van der Waals surface area contributed by atoms with Gasteiger partial charge in [-0.3, -0.25) is 4.90 Å². The van der Waals surface area contributed by atoms with E-state index in [0.29, 0.717) is 0 Å². The molecule has 2 atom stereocenters. The zero-order chi connectivity index (χ0) is 14.8. The average molecular weight is 305 g/mol. The fraction of sp³-hybridized carbons (Fsp3) is 0.294. The van der Waals surface area contributed by atoms with Crippen molar-refractivity contribution in [3.05, 3.63) is 70.5 Å². The SMILES string of the molecule is N[C@H]1CN(Cc2ccccc2)C[C@@H]1c1ccc(Cl)c(F)c1. The van der Waals surface area contributed by atoms with Crippen molar-refractivity contribution in [2.45, 2.75) is 18.5 Å². The van der Waals surface area contributed by atoms with Crippen LogP contribution in [0.2, 0.25) is 5.02 Å². The number of rotatable bonds is 3. The quantitative estimate of drug-likeness (QED) is 0.941. The van der Waals surface area contributed by atoms with Gasteiger partial charge in [-0.15, -0.1) is 0 Å². The van der Waals surface area contributed by atoms with Crippen molar-refractivity contribution in [2.24, 2.45) is 5.73 Å². The fourth-order valence-electron chi connectivity index (χ4n) is 2.98. The van der Waals surface area contributed by atoms with Crippen LogP contribution < -0.4 is 5.73 Å². The van der Waals surface area contributed by atoms with E-state index in [-0.39, 0.29) is 22.8 Å². The largest absolute Gasteiger partial charge is 0.326 e. The molecule has 2 nitrogen and oxygen atoms in total. The minimum atomic E-state index is -0.372. The van der Waals surface area contributed by atoms with Gasteiger partial charge in [0.05, 0.1) is 5.02 Å². The van der Waals surface area contributed by atoms with Crippen LogP contribution in [0.15, 0.2) is 48.5 Å². The summed E-state index contributed by atoms with van der Waals surface area (Å²) in [6.07, 6.45) is 0. The monoisotopic (exact) mass is 304 g/mol. The number of hydrogen-bond acceptors (Lipinski definition) is 2. The molecule has 0 saturated carbocycles. The van der Waals surface area contributed by atoms with Crippen LogP contribution in [0.5, 0.6) is 0 Å². The first-order chi connectivity index (χ1) is 10.1. The molecule has 4 heteroatoms. The normalized spacial score (nSPS) is 22.6. The van der Waals surface area contributed by atoms with Gasteiger partial charge in [0.1, 0.15) is 5.82 Å². The molecule has 21 heavy (non-hydrogen) atoms. The van der Waals surface area contributed by atoms with E-state index < -0.39 is 0 Å². The van der Waals surface area contributed by atoms with Crippen molar-refractivity contribution in [3.63, 3.8) is 0 Å². The van der Waals surface area contributed by atoms with Gasteiger partial charge in [0.15, 0.2) is 0 Å². The summed E-state index contributed by atoms with van der Waals surface area (Å²) in [6.45, 7) is 2.54. The summed E-state index contributed by atoms with van der Waals surface area (Å²) in [6, 6.07) is 15.3. The highest BCUT2D eigenvalue weighted by atomic mass is 35.5. The summed E-state index contributed by atoms with van der Waals surface area (Å²) < 4.78 is 13.6. The molecule has 1 fully saturated rings. The average Bonchev–Trinajstić information content (AvgIpc) is 2.84. The summed E-state index contributed by atoms with van der Waals surface area (Å²) in [4.78, 5) is 2.32. The third-order valence-corrected chi connectivity index (χ3v) is 4.37. The van der Waals surface area contributed by atoms with Crippen LogP contribution in [0.4, 0.5) is 4.39 Å². The van der Waals surface area contributed by atoms with Crippen LogP contribution in [0.3, 0.4) is 0 Å². The highest BCUT2D eigenvalue weighted by molar-refractivity contribution is 6.30. The topological polar surface area (TPSA) is 29.3 Å². The number of benzene rings is 2. The predicted octanol–water partition coefficient (Wildman–Crippen LogP) is 3.41. The van der Waals surface area contributed by atoms with Crippen LogP contribution in [0.1, 0.15) is 17.0 Å². The molecule has 1 aliphatic heterocycles. The Morgan fingerprint density at radius 3 is 2.62 bits per heavy atom. The first-order valence-electron chi connectivity index (χ1n) is 7.10. The molecule has 0 spiro atoms. The molecule has 1 saturated heterocycles. The maximum Gasteiger partial charge on any atom is 0.142 e.